The van der Waals surface area contributed by atoms with Gasteiger partial charge in [0.05, 0.1) is 4.90 Å². The fourth-order valence-electron chi connectivity index (χ4n) is 2.21. The maximum Gasteiger partial charge on any atom is 0.244 e. The lowest BCUT2D eigenvalue weighted by atomic mass is 10.2. The van der Waals surface area contributed by atoms with Crippen molar-refractivity contribution >= 4 is 27.3 Å². The summed E-state index contributed by atoms with van der Waals surface area (Å²) in [7, 11) is -3.66. The predicted molar refractivity (Wildman–Crippen MR) is 73.5 cm³/mol. The molecule has 1 fully saturated rings. The van der Waals surface area contributed by atoms with E-state index >= 15 is 0 Å². The van der Waals surface area contributed by atoms with Gasteiger partial charge in [-0.2, -0.15) is 4.31 Å². The van der Waals surface area contributed by atoms with Crippen molar-refractivity contribution in [1.82, 2.24) is 9.62 Å². The lowest BCUT2D eigenvalue weighted by Crippen LogP contribution is -2.58. The van der Waals surface area contributed by atoms with Crippen molar-refractivity contribution in [3.05, 3.63) is 15.8 Å². The molecular weight excluding hydrogens is 286 g/mol. The number of nitrogens with one attached hydrogen (secondary N) is 1. The van der Waals surface area contributed by atoms with E-state index in [0.29, 0.717) is 6.54 Å². The lowest BCUT2D eigenvalue weighted by molar-refractivity contribution is -0.122. The maximum atomic E-state index is 12.6. The molecule has 106 valence electrons. The Hall–Kier alpha value is -0.960. The number of carbonyl (C=O) groups excluding carboxylic acids is 1. The summed E-state index contributed by atoms with van der Waals surface area (Å²) < 4.78 is 26.5. The monoisotopic (exact) mass is 303 g/mol. The van der Waals surface area contributed by atoms with E-state index < -0.39 is 22.0 Å². The summed E-state index contributed by atoms with van der Waals surface area (Å²) in [6, 6.07) is 0.827. The van der Waals surface area contributed by atoms with Gasteiger partial charge in [-0.1, -0.05) is 0 Å². The highest BCUT2D eigenvalue weighted by Gasteiger charge is 2.37. The molecule has 0 aliphatic carbocycles. The number of hydrogen-bond donors (Lipinski definition) is 2. The summed E-state index contributed by atoms with van der Waals surface area (Å²) in [5, 5.41) is 2.99. The zero-order valence-corrected chi connectivity index (χ0v) is 12.5. The smallest absolute Gasteiger partial charge is 0.244 e. The van der Waals surface area contributed by atoms with Crippen LogP contribution in [0, 0.1) is 13.8 Å². The summed E-state index contributed by atoms with van der Waals surface area (Å²) in [5.41, 5.74) is 5.29. The minimum atomic E-state index is -3.66. The van der Waals surface area contributed by atoms with Gasteiger partial charge in [0.15, 0.2) is 0 Å². The average Bonchev–Trinajstić information content (AvgIpc) is 2.69. The summed E-state index contributed by atoms with van der Waals surface area (Å²) >= 11 is 1.43. The number of thiophene rings is 1. The van der Waals surface area contributed by atoms with Gasteiger partial charge < -0.3 is 11.1 Å². The van der Waals surface area contributed by atoms with Crippen LogP contribution in [0.15, 0.2) is 11.0 Å². The molecule has 6 nitrogen and oxygen atoms in total. The van der Waals surface area contributed by atoms with Gasteiger partial charge in [0.2, 0.25) is 15.9 Å². The Labute approximate surface area is 116 Å². The van der Waals surface area contributed by atoms with Gasteiger partial charge >= 0.3 is 0 Å². The molecule has 1 aromatic rings. The molecule has 0 spiro atoms. The van der Waals surface area contributed by atoms with Crippen molar-refractivity contribution in [1.29, 1.82) is 0 Å². The number of nitrogens with zero attached hydrogens (tertiary/aromatic N) is 1. The van der Waals surface area contributed by atoms with E-state index in [1.54, 1.807) is 13.0 Å². The maximum absolute atomic E-state index is 12.6. The van der Waals surface area contributed by atoms with Crippen LogP contribution in [0.25, 0.3) is 0 Å². The van der Waals surface area contributed by atoms with Crippen molar-refractivity contribution < 1.29 is 13.2 Å². The Morgan fingerprint density at radius 2 is 2.21 bits per heavy atom. The molecule has 1 amide bonds. The second-order valence-electron chi connectivity index (χ2n) is 4.52. The first-order chi connectivity index (χ1) is 8.84. The van der Waals surface area contributed by atoms with Crippen LogP contribution < -0.4 is 11.1 Å². The minimum absolute atomic E-state index is 0.254. The molecule has 1 saturated heterocycles. The third-order valence-electron chi connectivity index (χ3n) is 3.10. The van der Waals surface area contributed by atoms with Crippen LogP contribution >= 0.6 is 11.3 Å². The third-order valence-corrected chi connectivity index (χ3v) is 6.23. The standard InChI is InChI=1S/C11H17N3O3S2/c1-7-5-10(8(2)18-7)19(16,17)14-4-3-13-6-9(14)11(12)15/h5,9,13H,3-4,6H2,1-2H3,(H2,12,15). The van der Waals surface area contributed by atoms with Gasteiger partial charge in [-0.25, -0.2) is 8.42 Å². The zero-order chi connectivity index (χ0) is 14.2. The molecule has 1 aliphatic heterocycles. The molecule has 2 rings (SSSR count). The number of aryl methyl sites for hydroxylation is 2. The van der Waals surface area contributed by atoms with Crippen molar-refractivity contribution in [3.8, 4) is 0 Å². The Morgan fingerprint density at radius 1 is 1.53 bits per heavy atom. The molecule has 2 heterocycles. The van der Waals surface area contributed by atoms with Crippen molar-refractivity contribution in [3.63, 3.8) is 0 Å². The topological polar surface area (TPSA) is 92.5 Å². The van der Waals surface area contributed by atoms with Crippen LogP contribution in [0.1, 0.15) is 9.75 Å². The molecule has 0 aromatic carbocycles. The number of hydrogen-bond acceptors (Lipinski definition) is 5. The Kier molecular flexibility index (Phi) is 3.95. The van der Waals surface area contributed by atoms with Crippen LogP contribution in [0.2, 0.25) is 0 Å². The number of primary amides is 1. The van der Waals surface area contributed by atoms with Crippen molar-refractivity contribution in [2.45, 2.75) is 24.8 Å². The van der Waals surface area contributed by atoms with Crippen molar-refractivity contribution in [2.75, 3.05) is 19.6 Å². The van der Waals surface area contributed by atoms with E-state index in [1.165, 1.54) is 15.6 Å². The largest absolute Gasteiger partial charge is 0.368 e. The summed E-state index contributed by atoms with van der Waals surface area (Å²) in [6.45, 7) is 4.66. The highest BCUT2D eigenvalue weighted by molar-refractivity contribution is 7.89. The summed E-state index contributed by atoms with van der Waals surface area (Å²) in [6.07, 6.45) is 0. The molecule has 19 heavy (non-hydrogen) atoms. The van der Waals surface area contributed by atoms with Crippen LogP contribution in [-0.4, -0.2) is 44.3 Å². The second kappa shape index (κ2) is 5.20. The fourth-order valence-corrected chi connectivity index (χ4v) is 5.33. The summed E-state index contributed by atoms with van der Waals surface area (Å²) in [4.78, 5) is 13.4. The first kappa shape index (κ1) is 14.4. The average molecular weight is 303 g/mol. The molecule has 1 unspecified atom stereocenters. The molecule has 3 N–H and O–H groups in total. The normalized spacial score (nSPS) is 21.5. The number of rotatable bonds is 3. The molecule has 1 atom stereocenters. The number of carbonyl (C=O) groups is 1. The first-order valence-corrected chi connectivity index (χ1v) is 8.18. The van der Waals surface area contributed by atoms with Gasteiger partial charge in [-0.3, -0.25) is 4.79 Å². The quantitative estimate of drug-likeness (QED) is 0.809. The van der Waals surface area contributed by atoms with Crippen LogP contribution in [0.5, 0.6) is 0 Å². The van der Waals surface area contributed by atoms with Crippen LogP contribution in [0.3, 0.4) is 0 Å². The van der Waals surface area contributed by atoms with Gasteiger partial charge in [0.1, 0.15) is 6.04 Å². The molecule has 0 saturated carbocycles. The van der Waals surface area contributed by atoms with E-state index in [4.69, 9.17) is 5.73 Å². The van der Waals surface area contributed by atoms with E-state index in [2.05, 4.69) is 5.32 Å². The first-order valence-electron chi connectivity index (χ1n) is 5.93. The van der Waals surface area contributed by atoms with Gasteiger partial charge in [0, 0.05) is 29.4 Å². The number of amides is 1. The molecule has 0 radical (unpaired) electrons. The number of piperazine rings is 1. The van der Waals surface area contributed by atoms with Crippen LogP contribution in [-0.2, 0) is 14.8 Å². The van der Waals surface area contributed by atoms with E-state index in [9.17, 15) is 13.2 Å². The zero-order valence-electron chi connectivity index (χ0n) is 10.8. The SMILES string of the molecule is Cc1cc(S(=O)(=O)N2CCNCC2C(N)=O)c(C)s1. The highest BCUT2D eigenvalue weighted by atomic mass is 32.2. The number of sulfonamides is 1. The minimum Gasteiger partial charge on any atom is -0.368 e. The lowest BCUT2D eigenvalue weighted by Gasteiger charge is -2.33. The second-order valence-corrected chi connectivity index (χ2v) is 7.83. The predicted octanol–water partition coefficient (Wildman–Crippen LogP) is -0.187. The molecule has 1 aromatic heterocycles. The third kappa shape index (κ3) is 2.66. The van der Waals surface area contributed by atoms with Gasteiger partial charge in [-0.15, -0.1) is 11.3 Å². The highest BCUT2D eigenvalue weighted by Crippen LogP contribution is 2.28. The van der Waals surface area contributed by atoms with E-state index in [-0.39, 0.29) is 18.0 Å². The Morgan fingerprint density at radius 3 is 2.74 bits per heavy atom. The summed E-state index contributed by atoms with van der Waals surface area (Å²) in [5.74, 6) is -0.625. The van der Waals surface area contributed by atoms with E-state index in [1.807, 2.05) is 6.92 Å². The van der Waals surface area contributed by atoms with Gasteiger partial charge in [-0.05, 0) is 19.9 Å². The number of nitrogens with two attached hydrogens (primary N) is 1. The Bertz CT molecular complexity index is 594. The molecule has 1 aliphatic rings. The van der Waals surface area contributed by atoms with Crippen LogP contribution in [0.4, 0.5) is 0 Å². The molecular formula is C11H17N3O3S2. The van der Waals surface area contributed by atoms with E-state index in [0.717, 1.165) is 9.75 Å². The fraction of sp³-hybridized carbons (Fsp3) is 0.545. The van der Waals surface area contributed by atoms with Crippen molar-refractivity contribution in [2.24, 2.45) is 5.73 Å². The molecule has 0 bridgehead atoms. The Balaban J connectivity index is 2.43. The molecule has 8 heteroatoms. The van der Waals surface area contributed by atoms with Gasteiger partial charge in [0.25, 0.3) is 0 Å².